The van der Waals surface area contributed by atoms with Gasteiger partial charge in [-0.3, -0.25) is 0 Å². The Morgan fingerprint density at radius 2 is 2.06 bits per heavy atom. The number of aryl methyl sites for hydroxylation is 1. The van der Waals surface area contributed by atoms with Crippen LogP contribution in [0.2, 0.25) is 0 Å². The van der Waals surface area contributed by atoms with Crippen LogP contribution in [0.15, 0.2) is 6.20 Å². The molecule has 0 bridgehead atoms. The summed E-state index contributed by atoms with van der Waals surface area (Å²) in [5, 5.41) is 0. The molecule has 2 N–H and O–H groups in total. The van der Waals surface area contributed by atoms with Crippen LogP contribution in [-0.2, 0) is 6.54 Å². The highest BCUT2D eigenvalue weighted by atomic mass is 15.3. The number of rotatable bonds is 6. The van der Waals surface area contributed by atoms with E-state index in [0.29, 0.717) is 12.6 Å². The fraction of sp³-hybridized carbons (Fsp3) is 0.692. The van der Waals surface area contributed by atoms with Crippen molar-refractivity contribution in [2.24, 2.45) is 5.73 Å². The van der Waals surface area contributed by atoms with Crippen molar-refractivity contribution in [1.82, 2.24) is 14.9 Å². The average Bonchev–Trinajstić information content (AvgIpc) is 2.29. The molecule has 1 aromatic heterocycles. The lowest BCUT2D eigenvalue weighted by Crippen LogP contribution is -2.41. The number of hydrogen-bond acceptors (Lipinski definition) is 5. The Morgan fingerprint density at radius 3 is 2.50 bits per heavy atom. The van der Waals surface area contributed by atoms with Crippen LogP contribution in [0.25, 0.3) is 0 Å². The normalized spacial score (nSPS) is 12.8. The minimum absolute atomic E-state index is 0.383. The predicted octanol–water partition coefficient (Wildman–Crippen LogP) is 1.02. The summed E-state index contributed by atoms with van der Waals surface area (Å²) in [6.07, 6.45) is 1.84. The third-order valence-electron chi connectivity index (χ3n) is 3.05. The molecule has 0 aliphatic rings. The van der Waals surface area contributed by atoms with E-state index in [-0.39, 0.29) is 0 Å². The van der Waals surface area contributed by atoms with Crippen LogP contribution >= 0.6 is 0 Å². The van der Waals surface area contributed by atoms with E-state index in [4.69, 9.17) is 5.73 Å². The van der Waals surface area contributed by atoms with Crippen LogP contribution in [-0.4, -0.2) is 48.1 Å². The smallest absolute Gasteiger partial charge is 0.225 e. The molecule has 0 saturated heterocycles. The van der Waals surface area contributed by atoms with Gasteiger partial charge in [0.25, 0.3) is 0 Å². The molecule has 102 valence electrons. The molecule has 1 rings (SSSR count). The Morgan fingerprint density at radius 1 is 1.39 bits per heavy atom. The summed E-state index contributed by atoms with van der Waals surface area (Å²) in [4.78, 5) is 13.4. The van der Waals surface area contributed by atoms with Gasteiger partial charge in [-0.25, -0.2) is 9.97 Å². The summed E-state index contributed by atoms with van der Waals surface area (Å²) < 4.78 is 0. The van der Waals surface area contributed by atoms with Gasteiger partial charge >= 0.3 is 0 Å². The third-order valence-corrected chi connectivity index (χ3v) is 3.05. The van der Waals surface area contributed by atoms with Crippen LogP contribution in [0.1, 0.15) is 25.1 Å². The first-order valence-electron chi connectivity index (χ1n) is 6.43. The first kappa shape index (κ1) is 14.9. The van der Waals surface area contributed by atoms with E-state index in [0.717, 1.165) is 30.3 Å². The van der Waals surface area contributed by atoms with E-state index in [1.807, 2.05) is 13.1 Å². The second kappa shape index (κ2) is 6.66. The van der Waals surface area contributed by atoms with Crippen molar-refractivity contribution in [2.75, 3.05) is 32.1 Å². The molecule has 0 spiro atoms. The van der Waals surface area contributed by atoms with Crippen LogP contribution in [0.5, 0.6) is 0 Å². The number of nitrogens with two attached hydrogens (primary N) is 1. The Bertz CT molecular complexity index is 378. The van der Waals surface area contributed by atoms with E-state index in [9.17, 15) is 0 Å². The zero-order valence-corrected chi connectivity index (χ0v) is 12.1. The van der Waals surface area contributed by atoms with E-state index >= 15 is 0 Å². The average molecular weight is 251 g/mol. The highest BCUT2D eigenvalue weighted by molar-refractivity contribution is 5.34. The summed E-state index contributed by atoms with van der Waals surface area (Å²) in [5.74, 6) is 0.793. The minimum Gasteiger partial charge on any atom is -0.337 e. The summed E-state index contributed by atoms with van der Waals surface area (Å²) in [5.41, 5.74) is 7.61. The van der Waals surface area contributed by atoms with E-state index in [1.165, 1.54) is 0 Å². The molecule has 0 aliphatic heterocycles. The van der Waals surface area contributed by atoms with Crippen molar-refractivity contribution in [1.29, 1.82) is 0 Å². The molecule has 0 amide bonds. The largest absolute Gasteiger partial charge is 0.337 e. The lowest BCUT2D eigenvalue weighted by Gasteiger charge is -2.30. The first-order chi connectivity index (χ1) is 8.49. The zero-order chi connectivity index (χ0) is 13.7. The second-order valence-corrected chi connectivity index (χ2v) is 4.88. The molecule has 1 atom stereocenters. The summed E-state index contributed by atoms with van der Waals surface area (Å²) in [7, 11) is 4.15. The molecule has 18 heavy (non-hydrogen) atoms. The maximum absolute atomic E-state index is 5.63. The Labute approximate surface area is 110 Å². The summed E-state index contributed by atoms with van der Waals surface area (Å²) >= 11 is 0. The van der Waals surface area contributed by atoms with Crippen LogP contribution in [0.3, 0.4) is 0 Å². The van der Waals surface area contributed by atoms with Crippen LogP contribution in [0.4, 0.5) is 5.95 Å². The van der Waals surface area contributed by atoms with Gasteiger partial charge < -0.3 is 15.5 Å². The van der Waals surface area contributed by atoms with Crippen molar-refractivity contribution in [3.8, 4) is 0 Å². The van der Waals surface area contributed by atoms with Crippen molar-refractivity contribution in [3.63, 3.8) is 0 Å². The van der Waals surface area contributed by atoms with Gasteiger partial charge in [0, 0.05) is 43.1 Å². The molecule has 0 fully saturated rings. The Hall–Kier alpha value is -1.20. The minimum atomic E-state index is 0.383. The molecule has 5 heteroatoms. The number of aromatic nitrogens is 2. The number of hydrogen-bond donors (Lipinski definition) is 1. The molecular formula is C13H25N5. The second-order valence-electron chi connectivity index (χ2n) is 4.88. The molecule has 0 aromatic carbocycles. The van der Waals surface area contributed by atoms with Crippen molar-refractivity contribution >= 4 is 5.95 Å². The maximum Gasteiger partial charge on any atom is 0.225 e. The first-order valence-corrected chi connectivity index (χ1v) is 6.43. The third kappa shape index (κ3) is 3.65. The highest BCUT2D eigenvalue weighted by Gasteiger charge is 2.16. The standard InChI is InChI=1S/C13H25N5/c1-6-18(10(2)9-17(4)5)13-15-8-12(7-14)11(3)16-13/h8,10H,6-7,9,14H2,1-5H3. The monoisotopic (exact) mass is 251 g/mol. The molecule has 1 heterocycles. The topological polar surface area (TPSA) is 58.3 Å². The number of nitrogens with zero attached hydrogens (tertiary/aromatic N) is 4. The highest BCUT2D eigenvalue weighted by Crippen LogP contribution is 2.14. The molecule has 0 saturated carbocycles. The fourth-order valence-electron chi connectivity index (χ4n) is 2.10. The van der Waals surface area contributed by atoms with Crippen molar-refractivity contribution in [3.05, 3.63) is 17.5 Å². The predicted molar refractivity (Wildman–Crippen MR) is 75.7 cm³/mol. The van der Waals surface area contributed by atoms with Crippen molar-refractivity contribution in [2.45, 2.75) is 33.4 Å². The molecule has 1 unspecified atom stereocenters. The summed E-state index contributed by atoms with van der Waals surface area (Å²) in [6.45, 7) is 8.68. The Balaban J connectivity index is 2.91. The SMILES string of the molecule is CCN(c1ncc(CN)c(C)n1)C(C)CN(C)C. The lowest BCUT2D eigenvalue weighted by molar-refractivity contribution is 0.371. The Kier molecular flexibility index (Phi) is 5.50. The van der Waals surface area contributed by atoms with Gasteiger partial charge in [0.05, 0.1) is 0 Å². The van der Waals surface area contributed by atoms with Crippen molar-refractivity contribution < 1.29 is 0 Å². The van der Waals surface area contributed by atoms with Gasteiger partial charge in [-0.15, -0.1) is 0 Å². The summed E-state index contributed by atoms with van der Waals surface area (Å²) in [6, 6.07) is 0.383. The van der Waals surface area contributed by atoms with Gasteiger partial charge in [0.15, 0.2) is 0 Å². The fourth-order valence-corrected chi connectivity index (χ4v) is 2.10. The van der Waals surface area contributed by atoms with Gasteiger partial charge in [0.2, 0.25) is 5.95 Å². The van der Waals surface area contributed by atoms with Gasteiger partial charge in [-0.1, -0.05) is 0 Å². The van der Waals surface area contributed by atoms with E-state index < -0.39 is 0 Å². The molecular weight excluding hydrogens is 226 g/mol. The lowest BCUT2D eigenvalue weighted by atomic mass is 10.2. The zero-order valence-electron chi connectivity index (χ0n) is 12.1. The van der Waals surface area contributed by atoms with Gasteiger partial charge in [-0.05, 0) is 34.9 Å². The van der Waals surface area contributed by atoms with Gasteiger partial charge in [-0.2, -0.15) is 0 Å². The molecule has 5 nitrogen and oxygen atoms in total. The van der Waals surface area contributed by atoms with E-state index in [1.54, 1.807) is 0 Å². The number of likely N-dealkylation sites (N-methyl/N-ethyl adjacent to an activating group) is 2. The molecule has 1 aromatic rings. The molecule has 0 aliphatic carbocycles. The van der Waals surface area contributed by atoms with Crippen LogP contribution < -0.4 is 10.6 Å². The van der Waals surface area contributed by atoms with Crippen LogP contribution in [0, 0.1) is 6.92 Å². The van der Waals surface area contributed by atoms with Gasteiger partial charge in [0.1, 0.15) is 0 Å². The van der Waals surface area contributed by atoms with E-state index in [2.05, 4.69) is 47.7 Å². The quantitative estimate of drug-likeness (QED) is 0.818. The maximum atomic E-state index is 5.63. The molecule has 0 radical (unpaired) electrons. The number of anilines is 1.